The molecule has 0 heterocycles. The number of hydrogen-bond donors (Lipinski definition) is 0. The Labute approximate surface area is 138 Å². The van der Waals surface area contributed by atoms with Crippen LogP contribution in [0.2, 0.25) is 0 Å². The van der Waals surface area contributed by atoms with E-state index >= 15 is 0 Å². The number of ether oxygens (including phenoxy) is 1. The molecule has 0 aromatic heterocycles. The van der Waals surface area contributed by atoms with Crippen molar-refractivity contribution < 1.29 is 9.53 Å². The van der Waals surface area contributed by atoms with Crippen molar-refractivity contribution in [1.82, 2.24) is 4.90 Å². The number of carbonyl (C=O) groups excluding carboxylic acids is 1. The molecule has 0 bridgehead atoms. The van der Waals surface area contributed by atoms with Crippen molar-refractivity contribution in [3.8, 4) is 5.75 Å². The first-order valence-electron chi connectivity index (χ1n) is 8.04. The second-order valence-electron chi connectivity index (χ2n) is 5.79. The first-order valence-corrected chi connectivity index (χ1v) is 8.04. The van der Waals surface area contributed by atoms with Crippen LogP contribution in [0.3, 0.4) is 0 Å². The normalized spacial score (nSPS) is 11.8. The number of amides is 1. The SMILES string of the molecule is CCN(C(=O)Cc1ccc(C)cc1)C(C)c1cccc(OC)c1. The molecule has 0 N–H and O–H groups in total. The number of benzene rings is 2. The lowest BCUT2D eigenvalue weighted by Gasteiger charge is -2.29. The van der Waals surface area contributed by atoms with Crippen LogP contribution in [-0.4, -0.2) is 24.5 Å². The van der Waals surface area contributed by atoms with Gasteiger partial charge in [0.25, 0.3) is 0 Å². The lowest BCUT2D eigenvalue weighted by Crippen LogP contribution is -2.34. The number of likely N-dealkylation sites (N-methyl/N-ethyl adjacent to an activating group) is 1. The Morgan fingerprint density at radius 3 is 2.48 bits per heavy atom. The fraction of sp³-hybridized carbons (Fsp3) is 0.350. The molecule has 1 unspecified atom stereocenters. The van der Waals surface area contributed by atoms with Crippen molar-refractivity contribution in [2.45, 2.75) is 33.2 Å². The monoisotopic (exact) mass is 311 g/mol. The fourth-order valence-electron chi connectivity index (χ4n) is 2.73. The molecule has 1 amide bonds. The van der Waals surface area contributed by atoms with Crippen molar-refractivity contribution in [1.29, 1.82) is 0 Å². The Balaban J connectivity index is 2.13. The number of aryl methyl sites for hydroxylation is 1. The summed E-state index contributed by atoms with van der Waals surface area (Å²) in [6.07, 6.45) is 0.433. The summed E-state index contributed by atoms with van der Waals surface area (Å²) in [5.41, 5.74) is 3.35. The molecule has 2 rings (SSSR count). The van der Waals surface area contributed by atoms with Gasteiger partial charge in [0, 0.05) is 6.54 Å². The van der Waals surface area contributed by atoms with Gasteiger partial charge in [0.1, 0.15) is 5.75 Å². The highest BCUT2D eigenvalue weighted by Gasteiger charge is 2.20. The van der Waals surface area contributed by atoms with Crippen LogP contribution in [0.4, 0.5) is 0 Å². The Morgan fingerprint density at radius 2 is 1.87 bits per heavy atom. The predicted octanol–water partition coefficient (Wildman–Crippen LogP) is 4.16. The molecule has 2 aromatic carbocycles. The van der Waals surface area contributed by atoms with Crippen LogP contribution in [0.25, 0.3) is 0 Å². The van der Waals surface area contributed by atoms with Crippen molar-refractivity contribution in [3.63, 3.8) is 0 Å². The molecule has 0 aliphatic carbocycles. The van der Waals surface area contributed by atoms with Gasteiger partial charge in [-0.25, -0.2) is 0 Å². The van der Waals surface area contributed by atoms with Gasteiger partial charge in [-0.3, -0.25) is 4.79 Å². The number of carbonyl (C=O) groups is 1. The minimum absolute atomic E-state index is 0.0213. The molecule has 23 heavy (non-hydrogen) atoms. The van der Waals surface area contributed by atoms with E-state index in [4.69, 9.17) is 4.74 Å². The molecule has 0 spiro atoms. The number of nitrogens with zero attached hydrogens (tertiary/aromatic N) is 1. The van der Waals surface area contributed by atoms with Gasteiger partial charge in [-0.1, -0.05) is 42.0 Å². The molecular weight excluding hydrogens is 286 g/mol. The van der Waals surface area contributed by atoms with Gasteiger partial charge in [0.05, 0.1) is 19.6 Å². The fourth-order valence-corrected chi connectivity index (χ4v) is 2.73. The maximum absolute atomic E-state index is 12.7. The lowest BCUT2D eigenvalue weighted by atomic mass is 10.0. The van der Waals surface area contributed by atoms with E-state index in [0.29, 0.717) is 13.0 Å². The Morgan fingerprint density at radius 1 is 1.17 bits per heavy atom. The number of hydrogen-bond acceptors (Lipinski definition) is 2. The molecular formula is C20H25NO2. The molecule has 2 aromatic rings. The molecule has 3 nitrogen and oxygen atoms in total. The summed E-state index contributed by atoms with van der Waals surface area (Å²) in [5.74, 6) is 0.961. The summed E-state index contributed by atoms with van der Waals surface area (Å²) >= 11 is 0. The maximum Gasteiger partial charge on any atom is 0.227 e. The average Bonchev–Trinajstić information content (AvgIpc) is 2.57. The molecule has 1 atom stereocenters. The van der Waals surface area contributed by atoms with E-state index in [1.54, 1.807) is 7.11 Å². The molecule has 0 saturated heterocycles. The van der Waals surface area contributed by atoms with Crippen molar-refractivity contribution in [3.05, 3.63) is 65.2 Å². The van der Waals surface area contributed by atoms with Gasteiger partial charge in [-0.05, 0) is 44.0 Å². The maximum atomic E-state index is 12.7. The Bertz CT molecular complexity index is 649. The van der Waals surface area contributed by atoms with E-state index in [1.807, 2.05) is 60.4 Å². The zero-order valence-corrected chi connectivity index (χ0v) is 14.4. The van der Waals surface area contributed by atoms with Crippen LogP contribution < -0.4 is 4.74 Å². The van der Waals surface area contributed by atoms with Gasteiger partial charge in [-0.2, -0.15) is 0 Å². The summed E-state index contributed by atoms with van der Waals surface area (Å²) in [6.45, 7) is 6.81. The molecule has 122 valence electrons. The van der Waals surface area contributed by atoms with Gasteiger partial charge in [-0.15, -0.1) is 0 Å². The van der Waals surface area contributed by atoms with Crippen molar-refractivity contribution >= 4 is 5.91 Å². The van der Waals surface area contributed by atoms with Gasteiger partial charge >= 0.3 is 0 Å². The van der Waals surface area contributed by atoms with Crippen molar-refractivity contribution in [2.24, 2.45) is 0 Å². The largest absolute Gasteiger partial charge is 0.497 e. The molecule has 0 aliphatic rings. The average molecular weight is 311 g/mol. The smallest absolute Gasteiger partial charge is 0.227 e. The first-order chi connectivity index (χ1) is 11.0. The molecule has 0 aliphatic heterocycles. The van der Waals surface area contributed by atoms with Crippen molar-refractivity contribution in [2.75, 3.05) is 13.7 Å². The molecule has 0 fully saturated rings. The predicted molar refractivity (Wildman–Crippen MR) is 93.7 cm³/mol. The van der Waals surface area contributed by atoms with Crippen LogP contribution in [0.15, 0.2) is 48.5 Å². The van der Waals surface area contributed by atoms with Gasteiger partial charge < -0.3 is 9.64 Å². The topological polar surface area (TPSA) is 29.5 Å². The van der Waals surface area contributed by atoms with Gasteiger partial charge in [0.15, 0.2) is 0 Å². The Kier molecular flexibility index (Phi) is 5.80. The standard InChI is InChI=1S/C20H25NO2/c1-5-21(16(3)18-7-6-8-19(14-18)23-4)20(22)13-17-11-9-15(2)10-12-17/h6-12,14,16H,5,13H2,1-4H3. The van der Waals surface area contributed by atoms with E-state index in [-0.39, 0.29) is 11.9 Å². The van der Waals surface area contributed by atoms with E-state index in [2.05, 4.69) is 13.8 Å². The van der Waals surface area contributed by atoms with Crippen LogP contribution in [-0.2, 0) is 11.2 Å². The second-order valence-corrected chi connectivity index (χ2v) is 5.79. The van der Waals surface area contributed by atoms with Gasteiger partial charge in [0.2, 0.25) is 5.91 Å². The summed E-state index contributed by atoms with van der Waals surface area (Å²) in [6, 6.07) is 16.1. The minimum atomic E-state index is 0.0213. The first kappa shape index (κ1) is 17.1. The Hall–Kier alpha value is -2.29. The van der Waals surface area contributed by atoms with Crippen LogP contribution in [0, 0.1) is 6.92 Å². The number of rotatable bonds is 6. The molecule has 3 heteroatoms. The third-order valence-electron chi connectivity index (χ3n) is 4.18. The summed E-state index contributed by atoms with van der Waals surface area (Å²) in [4.78, 5) is 14.6. The van der Waals surface area contributed by atoms with E-state index in [0.717, 1.165) is 16.9 Å². The summed E-state index contributed by atoms with van der Waals surface area (Å²) in [5, 5.41) is 0. The highest BCUT2D eigenvalue weighted by Crippen LogP contribution is 2.24. The van der Waals surface area contributed by atoms with E-state index in [9.17, 15) is 4.79 Å². The lowest BCUT2D eigenvalue weighted by molar-refractivity contribution is -0.132. The molecule has 0 saturated carbocycles. The highest BCUT2D eigenvalue weighted by atomic mass is 16.5. The summed E-state index contributed by atoms with van der Waals surface area (Å²) < 4.78 is 5.28. The molecule has 0 radical (unpaired) electrons. The second kappa shape index (κ2) is 7.82. The van der Waals surface area contributed by atoms with E-state index in [1.165, 1.54) is 5.56 Å². The van der Waals surface area contributed by atoms with Crippen LogP contribution >= 0.6 is 0 Å². The quantitative estimate of drug-likeness (QED) is 0.802. The zero-order valence-electron chi connectivity index (χ0n) is 14.4. The zero-order chi connectivity index (χ0) is 16.8. The third-order valence-corrected chi connectivity index (χ3v) is 4.18. The minimum Gasteiger partial charge on any atom is -0.497 e. The van der Waals surface area contributed by atoms with E-state index < -0.39 is 0 Å². The number of methoxy groups -OCH3 is 1. The van der Waals surface area contributed by atoms with Crippen LogP contribution in [0.5, 0.6) is 5.75 Å². The highest BCUT2D eigenvalue weighted by molar-refractivity contribution is 5.79. The van der Waals surface area contributed by atoms with Crippen LogP contribution in [0.1, 0.15) is 36.6 Å². The summed E-state index contributed by atoms with van der Waals surface area (Å²) in [7, 11) is 1.66. The third kappa shape index (κ3) is 4.35.